The van der Waals surface area contributed by atoms with Gasteiger partial charge in [-0.2, -0.15) is 0 Å². The first-order chi connectivity index (χ1) is 9.54. The molecule has 0 aliphatic heterocycles. The van der Waals surface area contributed by atoms with E-state index in [1.54, 1.807) is 24.3 Å². The molecule has 20 heavy (non-hydrogen) atoms. The molecule has 6 heteroatoms. The number of carbonyl (C=O) groups excluding carboxylic acids is 2. The van der Waals surface area contributed by atoms with Crippen LogP contribution in [0.5, 0.6) is 0 Å². The van der Waals surface area contributed by atoms with Crippen LogP contribution in [0.1, 0.15) is 25.7 Å². The first-order valence-electron chi connectivity index (χ1n) is 6.77. The van der Waals surface area contributed by atoms with Crippen molar-refractivity contribution in [3.8, 4) is 0 Å². The van der Waals surface area contributed by atoms with Crippen molar-refractivity contribution in [3.63, 3.8) is 0 Å². The van der Waals surface area contributed by atoms with Crippen LogP contribution >= 0.6 is 0 Å². The van der Waals surface area contributed by atoms with Crippen molar-refractivity contribution in [1.82, 2.24) is 0 Å². The zero-order chi connectivity index (χ0) is 14.5. The summed E-state index contributed by atoms with van der Waals surface area (Å²) in [6, 6.07) is 6.50. The molecule has 0 atom stereocenters. The molecule has 1 aliphatic rings. The Balaban J connectivity index is 1.95. The minimum atomic E-state index is -0.630. The van der Waals surface area contributed by atoms with Crippen molar-refractivity contribution < 1.29 is 9.59 Å². The van der Waals surface area contributed by atoms with Crippen LogP contribution in [0.4, 0.5) is 16.2 Å². The van der Waals surface area contributed by atoms with Gasteiger partial charge < -0.3 is 22.1 Å². The fourth-order valence-corrected chi connectivity index (χ4v) is 2.44. The van der Waals surface area contributed by atoms with Gasteiger partial charge in [0.1, 0.15) is 0 Å². The maximum absolute atomic E-state index is 12.1. The molecule has 6 nitrogen and oxygen atoms in total. The largest absolute Gasteiger partial charge is 0.351 e. The third-order valence-electron chi connectivity index (χ3n) is 3.54. The Morgan fingerprint density at radius 1 is 1.05 bits per heavy atom. The second-order valence-corrected chi connectivity index (χ2v) is 5.17. The van der Waals surface area contributed by atoms with E-state index in [0.29, 0.717) is 11.4 Å². The van der Waals surface area contributed by atoms with Crippen molar-refractivity contribution in [2.75, 3.05) is 10.6 Å². The van der Waals surface area contributed by atoms with Crippen LogP contribution in [0.3, 0.4) is 0 Å². The van der Waals surface area contributed by atoms with Crippen molar-refractivity contribution in [1.29, 1.82) is 0 Å². The molecule has 0 heterocycles. The molecule has 6 N–H and O–H groups in total. The molecule has 2 rings (SSSR count). The van der Waals surface area contributed by atoms with Gasteiger partial charge in [-0.15, -0.1) is 0 Å². The van der Waals surface area contributed by atoms with Crippen LogP contribution in [0.25, 0.3) is 0 Å². The van der Waals surface area contributed by atoms with Gasteiger partial charge in [0.15, 0.2) is 0 Å². The van der Waals surface area contributed by atoms with Gasteiger partial charge in [0.05, 0.1) is 0 Å². The van der Waals surface area contributed by atoms with Crippen molar-refractivity contribution >= 4 is 23.3 Å². The third-order valence-corrected chi connectivity index (χ3v) is 3.54. The molecule has 0 bridgehead atoms. The first-order valence-corrected chi connectivity index (χ1v) is 6.77. The Morgan fingerprint density at radius 3 is 2.25 bits per heavy atom. The average molecular weight is 276 g/mol. The highest BCUT2D eigenvalue weighted by molar-refractivity contribution is 5.94. The molecular formula is C14H20N4O2. The molecule has 108 valence electrons. The Bertz CT molecular complexity index is 496. The zero-order valence-electron chi connectivity index (χ0n) is 11.3. The van der Waals surface area contributed by atoms with Gasteiger partial charge in [0.25, 0.3) is 0 Å². The lowest BCUT2D eigenvalue weighted by Crippen LogP contribution is -2.32. The summed E-state index contributed by atoms with van der Waals surface area (Å²) in [6.07, 6.45) is 3.43. The summed E-state index contributed by atoms with van der Waals surface area (Å²) < 4.78 is 0. The highest BCUT2D eigenvalue weighted by Crippen LogP contribution is 2.25. The molecule has 0 aromatic heterocycles. The first kappa shape index (κ1) is 14.3. The Morgan fingerprint density at radius 2 is 1.65 bits per heavy atom. The van der Waals surface area contributed by atoms with E-state index >= 15 is 0 Å². The van der Waals surface area contributed by atoms with E-state index in [4.69, 9.17) is 11.5 Å². The van der Waals surface area contributed by atoms with E-state index in [0.717, 1.165) is 25.7 Å². The van der Waals surface area contributed by atoms with Gasteiger partial charge in [0.2, 0.25) is 5.91 Å². The second-order valence-electron chi connectivity index (χ2n) is 5.17. The SMILES string of the molecule is NC(=O)Nc1cccc(NC(=O)C2CCC(N)CC2)c1. The van der Waals surface area contributed by atoms with Crippen LogP contribution in [-0.4, -0.2) is 18.0 Å². The van der Waals surface area contributed by atoms with Gasteiger partial charge in [-0.3, -0.25) is 4.79 Å². The smallest absolute Gasteiger partial charge is 0.316 e. The molecule has 0 unspecified atom stereocenters. The zero-order valence-corrected chi connectivity index (χ0v) is 11.3. The second kappa shape index (κ2) is 6.38. The van der Waals surface area contributed by atoms with E-state index in [-0.39, 0.29) is 17.9 Å². The van der Waals surface area contributed by atoms with E-state index in [1.807, 2.05) is 0 Å². The lowest BCUT2D eigenvalue weighted by Gasteiger charge is -2.25. The number of amides is 3. The number of anilines is 2. The molecule has 0 radical (unpaired) electrons. The summed E-state index contributed by atoms with van der Waals surface area (Å²) in [4.78, 5) is 22.9. The minimum absolute atomic E-state index is 0.00752. The van der Waals surface area contributed by atoms with Gasteiger partial charge in [-0.1, -0.05) is 6.07 Å². The summed E-state index contributed by atoms with van der Waals surface area (Å²) in [7, 11) is 0. The monoisotopic (exact) mass is 276 g/mol. The van der Waals surface area contributed by atoms with Crippen LogP contribution in [0.15, 0.2) is 24.3 Å². The summed E-state index contributed by atoms with van der Waals surface area (Å²) in [5.41, 5.74) is 12.1. The van der Waals surface area contributed by atoms with Crippen molar-refractivity contribution in [2.24, 2.45) is 17.4 Å². The number of rotatable bonds is 3. The minimum Gasteiger partial charge on any atom is -0.351 e. The lowest BCUT2D eigenvalue weighted by molar-refractivity contribution is -0.120. The fraction of sp³-hybridized carbons (Fsp3) is 0.429. The Kier molecular flexibility index (Phi) is 4.57. The summed E-state index contributed by atoms with van der Waals surface area (Å²) in [5, 5.41) is 5.34. The van der Waals surface area contributed by atoms with Gasteiger partial charge >= 0.3 is 6.03 Å². The van der Waals surface area contributed by atoms with Crippen molar-refractivity contribution in [2.45, 2.75) is 31.7 Å². The van der Waals surface area contributed by atoms with Crippen LogP contribution < -0.4 is 22.1 Å². The highest BCUT2D eigenvalue weighted by Gasteiger charge is 2.24. The van der Waals surface area contributed by atoms with Crippen LogP contribution in [-0.2, 0) is 4.79 Å². The van der Waals surface area contributed by atoms with Gasteiger partial charge in [0, 0.05) is 23.3 Å². The molecule has 1 aromatic rings. The molecular weight excluding hydrogens is 256 g/mol. The van der Waals surface area contributed by atoms with Gasteiger partial charge in [-0.25, -0.2) is 4.79 Å². The lowest BCUT2D eigenvalue weighted by atomic mass is 9.86. The number of primary amides is 1. The number of hydrogen-bond donors (Lipinski definition) is 4. The molecule has 1 fully saturated rings. The topological polar surface area (TPSA) is 110 Å². The summed E-state index contributed by atoms with van der Waals surface area (Å²) >= 11 is 0. The third kappa shape index (κ3) is 3.96. The van der Waals surface area contributed by atoms with Crippen LogP contribution in [0, 0.1) is 5.92 Å². The number of hydrogen-bond acceptors (Lipinski definition) is 3. The highest BCUT2D eigenvalue weighted by atomic mass is 16.2. The van der Waals surface area contributed by atoms with E-state index in [2.05, 4.69) is 10.6 Å². The maximum Gasteiger partial charge on any atom is 0.316 e. The standard InChI is InChI=1S/C14H20N4O2/c15-10-6-4-9(5-7-10)13(19)17-11-2-1-3-12(8-11)18-14(16)20/h1-3,8-10H,4-7,15H2,(H,17,19)(H3,16,18,20). The quantitative estimate of drug-likeness (QED) is 0.673. The fourth-order valence-electron chi connectivity index (χ4n) is 2.44. The average Bonchev–Trinajstić information content (AvgIpc) is 2.39. The van der Waals surface area contributed by atoms with E-state index in [1.165, 1.54) is 0 Å². The number of benzene rings is 1. The molecule has 1 aliphatic carbocycles. The number of carbonyl (C=O) groups is 2. The van der Waals surface area contributed by atoms with E-state index in [9.17, 15) is 9.59 Å². The van der Waals surface area contributed by atoms with Gasteiger partial charge in [-0.05, 0) is 43.9 Å². The van der Waals surface area contributed by atoms with E-state index < -0.39 is 6.03 Å². The Hall–Kier alpha value is -2.08. The molecule has 1 aromatic carbocycles. The summed E-state index contributed by atoms with van der Waals surface area (Å²) in [6.45, 7) is 0. The normalized spacial score (nSPS) is 22.1. The number of urea groups is 1. The molecule has 1 saturated carbocycles. The Labute approximate surface area is 117 Å². The maximum atomic E-state index is 12.1. The summed E-state index contributed by atoms with van der Waals surface area (Å²) in [5.74, 6) is 0.0238. The van der Waals surface area contributed by atoms with Crippen molar-refractivity contribution in [3.05, 3.63) is 24.3 Å². The predicted octanol–water partition coefficient (Wildman–Crippen LogP) is 1.63. The predicted molar refractivity (Wildman–Crippen MR) is 78.2 cm³/mol. The molecule has 3 amide bonds. The van der Waals surface area contributed by atoms with Crippen LogP contribution in [0.2, 0.25) is 0 Å². The number of nitrogens with two attached hydrogens (primary N) is 2. The number of nitrogens with one attached hydrogen (secondary N) is 2. The molecule has 0 saturated heterocycles. The molecule has 0 spiro atoms.